The summed E-state index contributed by atoms with van der Waals surface area (Å²) in [6.45, 7) is 7.07. The molecule has 0 radical (unpaired) electrons. The Morgan fingerprint density at radius 3 is 2.29 bits per heavy atom. The Kier molecular flexibility index (Phi) is 4.96. The number of ether oxygens (including phenoxy) is 1. The molecule has 2 rings (SSSR count). The third-order valence-corrected chi connectivity index (χ3v) is 3.52. The Morgan fingerprint density at radius 2 is 1.76 bits per heavy atom. The number of benzene rings is 1. The summed E-state index contributed by atoms with van der Waals surface area (Å²) in [4.78, 5) is 28.0. The van der Waals surface area contributed by atoms with Crippen LogP contribution in [-0.2, 0) is 14.3 Å². The van der Waals surface area contributed by atoms with Crippen LogP contribution in [-0.4, -0.2) is 48.6 Å². The van der Waals surface area contributed by atoms with Crippen LogP contribution in [0.25, 0.3) is 0 Å². The molecular weight excluding hydrogens is 268 g/mol. The Bertz CT molecular complexity index is 494. The number of nitrogens with zero attached hydrogens (tertiary/aromatic N) is 2. The third-order valence-electron chi connectivity index (χ3n) is 3.52. The van der Waals surface area contributed by atoms with E-state index in [1.165, 1.54) is 4.90 Å². The first kappa shape index (κ1) is 15.5. The number of amides is 2. The molecule has 1 fully saturated rings. The average molecular weight is 290 g/mol. The summed E-state index contributed by atoms with van der Waals surface area (Å²) in [7, 11) is 0. The zero-order chi connectivity index (χ0) is 15.4. The number of carbonyl (C=O) groups is 2. The van der Waals surface area contributed by atoms with Crippen LogP contribution in [0, 0.1) is 0 Å². The Balaban J connectivity index is 2.12. The van der Waals surface area contributed by atoms with Gasteiger partial charge in [-0.3, -0.25) is 9.59 Å². The third kappa shape index (κ3) is 3.61. The van der Waals surface area contributed by atoms with Crippen molar-refractivity contribution >= 4 is 17.5 Å². The molecule has 1 heterocycles. The lowest BCUT2D eigenvalue weighted by atomic mass is 10.2. The van der Waals surface area contributed by atoms with Gasteiger partial charge in [0.2, 0.25) is 0 Å². The first-order valence-electron chi connectivity index (χ1n) is 7.34. The van der Waals surface area contributed by atoms with Gasteiger partial charge in [0, 0.05) is 25.3 Å². The van der Waals surface area contributed by atoms with E-state index in [2.05, 4.69) is 0 Å². The smallest absolute Gasteiger partial charge is 0.316 e. The standard InChI is InChI=1S/C16H22N2O3/c1-4-18(14-8-6-5-7-9-14)16(20)15(19)17-10-12(2)21-13(3)11-17/h5-9,12-13H,4,10-11H2,1-3H3. The lowest BCUT2D eigenvalue weighted by molar-refractivity contribution is -0.152. The predicted octanol–water partition coefficient (Wildman–Crippen LogP) is 1.68. The molecule has 5 nitrogen and oxygen atoms in total. The van der Waals surface area contributed by atoms with Crippen molar-refractivity contribution in [3.05, 3.63) is 30.3 Å². The van der Waals surface area contributed by atoms with E-state index in [9.17, 15) is 9.59 Å². The van der Waals surface area contributed by atoms with Gasteiger partial charge in [-0.15, -0.1) is 0 Å². The minimum Gasteiger partial charge on any atom is -0.372 e. The summed E-state index contributed by atoms with van der Waals surface area (Å²) < 4.78 is 5.60. The molecule has 0 aromatic heterocycles. The molecule has 2 amide bonds. The van der Waals surface area contributed by atoms with E-state index in [1.807, 2.05) is 51.1 Å². The van der Waals surface area contributed by atoms with Gasteiger partial charge in [0.15, 0.2) is 0 Å². The number of hydrogen-bond acceptors (Lipinski definition) is 3. The van der Waals surface area contributed by atoms with E-state index < -0.39 is 11.8 Å². The van der Waals surface area contributed by atoms with Crippen LogP contribution in [0.4, 0.5) is 5.69 Å². The molecule has 114 valence electrons. The lowest BCUT2D eigenvalue weighted by Gasteiger charge is -2.35. The molecule has 1 aliphatic rings. The van der Waals surface area contributed by atoms with E-state index in [4.69, 9.17) is 4.74 Å². The maximum absolute atomic E-state index is 12.5. The summed E-state index contributed by atoms with van der Waals surface area (Å²) in [6, 6.07) is 9.26. The fourth-order valence-corrected chi connectivity index (χ4v) is 2.65. The number of rotatable bonds is 2. The molecule has 0 bridgehead atoms. The number of morpholine rings is 1. The highest BCUT2D eigenvalue weighted by atomic mass is 16.5. The number of likely N-dealkylation sites (N-methyl/N-ethyl adjacent to an activating group) is 1. The van der Waals surface area contributed by atoms with Gasteiger partial charge < -0.3 is 14.5 Å². The number of anilines is 1. The first-order valence-corrected chi connectivity index (χ1v) is 7.34. The largest absolute Gasteiger partial charge is 0.372 e. The van der Waals surface area contributed by atoms with E-state index in [1.54, 1.807) is 4.90 Å². The molecule has 2 atom stereocenters. The molecular formula is C16H22N2O3. The molecule has 0 saturated carbocycles. The summed E-state index contributed by atoms with van der Waals surface area (Å²) in [6.07, 6.45) is -0.0883. The second-order valence-corrected chi connectivity index (χ2v) is 5.35. The van der Waals surface area contributed by atoms with Gasteiger partial charge in [-0.1, -0.05) is 18.2 Å². The molecule has 0 N–H and O–H groups in total. The molecule has 1 aromatic rings. The molecule has 21 heavy (non-hydrogen) atoms. The van der Waals surface area contributed by atoms with Gasteiger partial charge in [0.1, 0.15) is 0 Å². The first-order chi connectivity index (χ1) is 10.0. The van der Waals surface area contributed by atoms with Crippen molar-refractivity contribution in [2.75, 3.05) is 24.5 Å². The molecule has 5 heteroatoms. The van der Waals surface area contributed by atoms with Crippen molar-refractivity contribution in [3.8, 4) is 0 Å². The number of carbonyl (C=O) groups excluding carboxylic acids is 2. The minimum absolute atomic E-state index is 0.0442. The van der Waals surface area contributed by atoms with E-state index in [0.717, 1.165) is 5.69 Å². The summed E-state index contributed by atoms with van der Waals surface area (Å²) >= 11 is 0. The van der Waals surface area contributed by atoms with Crippen molar-refractivity contribution in [2.45, 2.75) is 33.0 Å². The van der Waals surface area contributed by atoms with Gasteiger partial charge in [-0.2, -0.15) is 0 Å². The van der Waals surface area contributed by atoms with Crippen LogP contribution in [0.3, 0.4) is 0 Å². The van der Waals surface area contributed by atoms with Gasteiger partial charge in [-0.05, 0) is 32.9 Å². The fourth-order valence-electron chi connectivity index (χ4n) is 2.65. The zero-order valence-electron chi connectivity index (χ0n) is 12.8. The maximum Gasteiger partial charge on any atom is 0.316 e. The average Bonchev–Trinajstić information content (AvgIpc) is 2.47. The second kappa shape index (κ2) is 6.72. The van der Waals surface area contributed by atoms with Crippen LogP contribution in [0.15, 0.2) is 30.3 Å². The van der Waals surface area contributed by atoms with Crippen LogP contribution in [0.5, 0.6) is 0 Å². The van der Waals surface area contributed by atoms with Gasteiger partial charge >= 0.3 is 11.8 Å². The van der Waals surface area contributed by atoms with Gasteiger partial charge in [0.25, 0.3) is 0 Å². The second-order valence-electron chi connectivity index (χ2n) is 5.35. The quantitative estimate of drug-likeness (QED) is 0.779. The zero-order valence-corrected chi connectivity index (χ0v) is 12.8. The van der Waals surface area contributed by atoms with Crippen LogP contribution in [0.1, 0.15) is 20.8 Å². The highest BCUT2D eigenvalue weighted by Crippen LogP contribution is 2.16. The van der Waals surface area contributed by atoms with E-state index in [-0.39, 0.29) is 12.2 Å². The molecule has 1 aromatic carbocycles. The summed E-state index contributed by atoms with van der Waals surface area (Å²) in [5, 5.41) is 0. The summed E-state index contributed by atoms with van der Waals surface area (Å²) in [5.74, 6) is -0.937. The normalized spacial score (nSPS) is 22.0. The fraction of sp³-hybridized carbons (Fsp3) is 0.500. The van der Waals surface area contributed by atoms with Crippen molar-refractivity contribution in [1.82, 2.24) is 4.90 Å². The SMILES string of the molecule is CCN(C(=O)C(=O)N1CC(C)OC(C)C1)c1ccccc1. The van der Waals surface area contributed by atoms with Crippen molar-refractivity contribution < 1.29 is 14.3 Å². The van der Waals surface area contributed by atoms with Crippen molar-refractivity contribution in [2.24, 2.45) is 0 Å². The highest BCUT2D eigenvalue weighted by molar-refractivity contribution is 6.40. The molecule has 1 saturated heterocycles. The van der Waals surface area contributed by atoms with Gasteiger partial charge in [-0.25, -0.2) is 0 Å². The van der Waals surface area contributed by atoms with Crippen LogP contribution in [0.2, 0.25) is 0 Å². The Morgan fingerprint density at radius 1 is 1.19 bits per heavy atom. The maximum atomic E-state index is 12.5. The minimum atomic E-state index is -0.481. The highest BCUT2D eigenvalue weighted by Gasteiger charge is 2.32. The van der Waals surface area contributed by atoms with Crippen molar-refractivity contribution in [1.29, 1.82) is 0 Å². The van der Waals surface area contributed by atoms with Crippen LogP contribution >= 0.6 is 0 Å². The molecule has 1 aliphatic heterocycles. The molecule has 0 spiro atoms. The summed E-state index contributed by atoms with van der Waals surface area (Å²) in [5.41, 5.74) is 0.743. The predicted molar refractivity (Wildman–Crippen MR) is 81.1 cm³/mol. The number of hydrogen-bond donors (Lipinski definition) is 0. The van der Waals surface area contributed by atoms with E-state index >= 15 is 0 Å². The monoisotopic (exact) mass is 290 g/mol. The van der Waals surface area contributed by atoms with Crippen LogP contribution < -0.4 is 4.90 Å². The molecule has 0 aliphatic carbocycles. The number of para-hydroxylation sites is 1. The van der Waals surface area contributed by atoms with E-state index in [0.29, 0.717) is 19.6 Å². The molecule has 2 unspecified atom stereocenters. The Hall–Kier alpha value is -1.88. The topological polar surface area (TPSA) is 49.9 Å². The Labute approximate surface area is 125 Å². The van der Waals surface area contributed by atoms with Gasteiger partial charge in [0.05, 0.1) is 12.2 Å². The lowest BCUT2D eigenvalue weighted by Crippen LogP contribution is -2.53. The van der Waals surface area contributed by atoms with Crippen molar-refractivity contribution in [3.63, 3.8) is 0 Å².